The number of carboxylic acids is 1. The molecule has 1 N–H and O–H groups in total. The Balaban J connectivity index is 1.66. The van der Waals surface area contributed by atoms with E-state index < -0.39 is 5.97 Å². The highest BCUT2D eigenvalue weighted by molar-refractivity contribution is 7.16. The van der Waals surface area contributed by atoms with E-state index in [-0.39, 0.29) is 6.42 Å². The third-order valence-electron chi connectivity index (χ3n) is 3.81. The predicted molar refractivity (Wildman–Crippen MR) is 75.1 cm³/mol. The van der Waals surface area contributed by atoms with Crippen LogP contribution in [0.4, 0.5) is 0 Å². The van der Waals surface area contributed by atoms with E-state index in [2.05, 4.69) is 15.3 Å². The van der Waals surface area contributed by atoms with Crippen LogP contribution in [0.25, 0.3) is 4.96 Å². The van der Waals surface area contributed by atoms with Gasteiger partial charge in [0.05, 0.1) is 0 Å². The van der Waals surface area contributed by atoms with Gasteiger partial charge >= 0.3 is 5.97 Å². The molecule has 1 saturated carbocycles. The van der Waals surface area contributed by atoms with Crippen LogP contribution in [-0.2, 0) is 11.2 Å². The molecule has 2 aromatic heterocycles. The number of fused-ring (bicyclic) bond motifs is 1. The lowest BCUT2D eigenvalue weighted by Crippen LogP contribution is -2.02. The van der Waals surface area contributed by atoms with Gasteiger partial charge in [0.25, 0.3) is 0 Å². The maximum Gasteiger partial charge on any atom is 0.303 e. The molecule has 0 atom stereocenters. The molecule has 2 heterocycles. The third kappa shape index (κ3) is 2.82. The topological polar surface area (TPSA) is 80.4 Å². The van der Waals surface area contributed by atoms with Crippen LogP contribution >= 0.6 is 11.3 Å². The zero-order chi connectivity index (χ0) is 13.9. The minimum absolute atomic E-state index is 0.234. The minimum Gasteiger partial charge on any atom is -0.481 e. The summed E-state index contributed by atoms with van der Waals surface area (Å²) < 4.78 is 1.90. The van der Waals surface area contributed by atoms with E-state index >= 15 is 0 Å². The summed E-state index contributed by atoms with van der Waals surface area (Å²) in [7, 11) is 0. The largest absolute Gasteiger partial charge is 0.481 e. The maximum absolute atomic E-state index is 10.5. The second kappa shape index (κ2) is 5.87. The molecule has 7 heteroatoms. The Hall–Kier alpha value is -1.50. The average Bonchev–Trinajstić information content (AvgIpc) is 3.09. The maximum atomic E-state index is 10.5. The second-order valence-corrected chi connectivity index (χ2v) is 6.37. The minimum atomic E-state index is -0.730. The molecule has 0 radical (unpaired) electrons. The molecule has 0 amide bonds. The molecule has 0 aliphatic heterocycles. The smallest absolute Gasteiger partial charge is 0.303 e. The first kappa shape index (κ1) is 13.5. The van der Waals surface area contributed by atoms with Crippen molar-refractivity contribution in [1.82, 2.24) is 19.8 Å². The zero-order valence-corrected chi connectivity index (χ0v) is 12.1. The Morgan fingerprint density at radius 3 is 2.85 bits per heavy atom. The van der Waals surface area contributed by atoms with Gasteiger partial charge in [-0.05, 0) is 25.7 Å². The Morgan fingerprint density at radius 1 is 1.30 bits per heavy atom. The zero-order valence-electron chi connectivity index (χ0n) is 11.3. The molecule has 0 unspecified atom stereocenters. The van der Waals surface area contributed by atoms with Gasteiger partial charge in [-0.25, -0.2) is 0 Å². The summed E-state index contributed by atoms with van der Waals surface area (Å²) in [5, 5.41) is 22.7. The van der Waals surface area contributed by atoms with Crippen LogP contribution in [0.3, 0.4) is 0 Å². The summed E-state index contributed by atoms with van der Waals surface area (Å²) in [6.07, 6.45) is 7.53. The normalized spacial score (nSPS) is 16.2. The molecule has 3 rings (SSSR count). The van der Waals surface area contributed by atoms with E-state index in [4.69, 9.17) is 5.11 Å². The van der Waals surface area contributed by atoms with E-state index in [0.717, 1.165) is 28.6 Å². The van der Waals surface area contributed by atoms with Crippen LogP contribution in [0, 0.1) is 0 Å². The van der Waals surface area contributed by atoms with Crippen molar-refractivity contribution in [2.45, 2.75) is 57.3 Å². The van der Waals surface area contributed by atoms with Crippen LogP contribution in [0.5, 0.6) is 0 Å². The van der Waals surface area contributed by atoms with E-state index in [1.165, 1.54) is 25.7 Å². The predicted octanol–water partition coefficient (Wildman–Crippen LogP) is 2.64. The van der Waals surface area contributed by atoms with Crippen molar-refractivity contribution in [3.8, 4) is 0 Å². The molecule has 108 valence electrons. The van der Waals surface area contributed by atoms with Crippen molar-refractivity contribution < 1.29 is 9.90 Å². The van der Waals surface area contributed by atoms with Crippen molar-refractivity contribution in [3.63, 3.8) is 0 Å². The number of rotatable bonds is 6. The van der Waals surface area contributed by atoms with E-state index in [0.29, 0.717) is 12.3 Å². The van der Waals surface area contributed by atoms with Gasteiger partial charge in [0.1, 0.15) is 5.01 Å². The molecule has 0 aromatic carbocycles. The molecule has 0 bridgehead atoms. The molecule has 2 aromatic rings. The number of aryl methyl sites for hydroxylation is 1. The van der Waals surface area contributed by atoms with Gasteiger partial charge in [0.15, 0.2) is 5.82 Å². The fourth-order valence-electron chi connectivity index (χ4n) is 2.76. The standard InChI is InChI=1S/C13H18N4O2S/c18-11(19)8-4-3-7-10-16-17-12(9-5-1-2-6-9)14-15-13(17)20-10/h9H,1-8H2,(H,18,19). The summed E-state index contributed by atoms with van der Waals surface area (Å²) >= 11 is 1.57. The first-order valence-electron chi connectivity index (χ1n) is 7.17. The third-order valence-corrected chi connectivity index (χ3v) is 4.77. The lowest BCUT2D eigenvalue weighted by atomic mass is 10.1. The second-order valence-electron chi connectivity index (χ2n) is 5.33. The summed E-state index contributed by atoms with van der Waals surface area (Å²) in [5.41, 5.74) is 0. The van der Waals surface area contributed by atoms with Gasteiger partial charge in [-0.1, -0.05) is 24.2 Å². The van der Waals surface area contributed by atoms with Crippen LogP contribution in [0.1, 0.15) is 61.7 Å². The first-order valence-corrected chi connectivity index (χ1v) is 7.98. The van der Waals surface area contributed by atoms with Gasteiger partial charge in [-0.2, -0.15) is 9.61 Å². The Labute approximate surface area is 120 Å². The number of nitrogens with zero attached hydrogens (tertiary/aromatic N) is 4. The fourth-order valence-corrected chi connectivity index (χ4v) is 3.65. The summed E-state index contributed by atoms with van der Waals surface area (Å²) in [4.78, 5) is 11.3. The number of carboxylic acid groups (broad SMARTS) is 1. The van der Waals surface area contributed by atoms with Crippen molar-refractivity contribution in [2.75, 3.05) is 0 Å². The van der Waals surface area contributed by atoms with E-state index in [1.807, 2.05) is 4.52 Å². The highest BCUT2D eigenvalue weighted by Crippen LogP contribution is 2.33. The van der Waals surface area contributed by atoms with Crippen molar-refractivity contribution >= 4 is 22.3 Å². The Kier molecular flexibility index (Phi) is 3.95. The molecular weight excluding hydrogens is 276 g/mol. The molecule has 1 aliphatic rings. The molecule has 6 nitrogen and oxygen atoms in total. The van der Waals surface area contributed by atoms with Crippen molar-refractivity contribution in [2.24, 2.45) is 0 Å². The number of aromatic nitrogens is 4. The molecule has 20 heavy (non-hydrogen) atoms. The van der Waals surface area contributed by atoms with Crippen LogP contribution in [-0.4, -0.2) is 30.9 Å². The summed E-state index contributed by atoms with van der Waals surface area (Å²) in [6.45, 7) is 0. The molecule has 1 fully saturated rings. The number of unbranched alkanes of at least 4 members (excludes halogenated alkanes) is 1. The van der Waals surface area contributed by atoms with Gasteiger partial charge < -0.3 is 5.11 Å². The highest BCUT2D eigenvalue weighted by atomic mass is 32.1. The number of hydrogen-bond acceptors (Lipinski definition) is 5. The number of hydrogen-bond donors (Lipinski definition) is 1. The number of aliphatic carboxylic acids is 1. The first-order chi connectivity index (χ1) is 9.74. The average molecular weight is 294 g/mol. The Morgan fingerprint density at radius 2 is 2.10 bits per heavy atom. The molecular formula is C13H18N4O2S. The van der Waals surface area contributed by atoms with Gasteiger partial charge in [0.2, 0.25) is 4.96 Å². The molecule has 0 spiro atoms. The molecule has 0 saturated heterocycles. The van der Waals surface area contributed by atoms with Gasteiger partial charge in [-0.3, -0.25) is 4.79 Å². The number of carbonyl (C=O) groups is 1. The molecule has 1 aliphatic carbocycles. The van der Waals surface area contributed by atoms with Crippen molar-refractivity contribution in [1.29, 1.82) is 0 Å². The van der Waals surface area contributed by atoms with Gasteiger partial charge in [0, 0.05) is 18.8 Å². The summed E-state index contributed by atoms with van der Waals surface area (Å²) in [5.74, 6) is 0.782. The van der Waals surface area contributed by atoms with Gasteiger partial charge in [-0.15, -0.1) is 10.2 Å². The van der Waals surface area contributed by atoms with E-state index in [1.54, 1.807) is 11.3 Å². The van der Waals surface area contributed by atoms with Crippen LogP contribution in [0.2, 0.25) is 0 Å². The highest BCUT2D eigenvalue weighted by Gasteiger charge is 2.23. The SMILES string of the molecule is O=C(O)CCCCc1nn2c(C3CCCC3)nnc2s1. The summed E-state index contributed by atoms with van der Waals surface area (Å²) in [6, 6.07) is 0. The quantitative estimate of drug-likeness (QED) is 0.828. The lowest BCUT2D eigenvalue weighted by Gasteiger charge is -2.03. The lowest BCUT2D eigenvalue weighted by molar-refractivity contribution is -0.137. The fraction of sp³-hybridized carbons (Fsp3) is 0.692. The monoisotopic (exact) mass is 294 g/mol. The van der Waals surface area contributed by atoms with Crippen molar-refractivity contribution in [3.05, 3.63) is 10.8 Å². The van der Waals surface area contributed by atoms with E-state index in [9.17, 15) is 4.79 Å². The Bertz CT molecular complexity index is 601. The van der Waals surface area contributed by atoms with Crippen LogP contribution in [0.15, 0.2) is 0 Å². The van der Waals surface area contributed by atoms with Crippen LogP contribution < -0.4 is 0 Å².